The van der Waals surface area contributed by atoms with Gasteiger partial charge >= 0.3 is 5.97 Å². The molecule has 5 nitrogen and oxygen atoms in total. The molecule has 0 spiro atoms. The Morgan fingerprint density at radius 1 is 1.15 bits per heavy atom. The van der Waals surface area contributed by atoms with E-state index in [-0.39, 0.29) is 17.5 Å². The van der Waals surface area contributed by atoms with E-state index in [2.05, 4.69) is 33.4 Å². The number of benzene rings is 2. The second kappa shape index (κ2) is 9.79. The number of allylic oxidation sites excluding steroid dienone is 3. The number of rotatable bonds is 7. The van der Waals surface area contributed by atoms with E-state index in [0.29, 0.717) is 18.4 Å². The zero-order valence-corrected chi connectivity index (χ0v) is 20.0. The number of hydrogen-bond acceptors (Lipinski definition) is 3. The van der Waals surface area contributed by atoms with Crippen molar-refractivity contribution in [1.82, 2.24) is 5.32 Å². The molecule has 1 atom stereocenters. The number of carboxylic acid groups (broad SMARTS) is 1. The van der Waals surface area contributed by atoms with Gasteiger partial charge in [-0.3, -0.25) is 4.79 Å². The van der Waals surface area contributed by atoms with E-state index in [1.165, 1.54) is 17.2 Å². The fraction of sp³-hybridized carbons (Fsp3) is 0.259. The minimum atomic E-state index is -1.16. The van der Waals surface area contributed by atoms with Crippen LogP contribution in [0, 0.1) is 5.92 Å². The highest BCUT2D eigenvalue weighted by Gasteiger charge is 2.26. The molecule has 0 aromatic heterocycles. The molecule has 0 bridgehead atoms. The van der Waals surface area contributed by atoms with E-state index in [9.17, 15) is 14.7 Å². The molecule has 2 aromatic carbocycles. The number of ether oxygens (including phenoxy) is 1. The van der Waals surface area contributed by atoms with E-state index in [0.717, 1.165) is 23.1 Å². The predicted molar refractivity (Wildman–Crippen MR) is 131 cm³/mol. The van der Waals surface area contributed by atoms with Gasteiger partial charge in [0.05, 0.1) is 4.47 Å². The second-order valence-corrected chi connectivity index (χ2v) is 9.60. The summed E-state index contributed by atoms with van der Waals surface area (Å²) < 4.78 is 7.03. The number of amides is 1. The Morgan fingerprint density at radius 3 is 2.42 bits per heavy atom. The van der Waals surface area contributed by atoms with Crippen LogP contribution in [-0.4, -0.2) is 22.6 Å². The van der Waals surface area contributed by atoms with Crippen LogP contribution < -0.4 is 10.1 Å². The van der Waals surface area contributed by atoms with Gasteiger partial charge in [-0.15, -0.1) is 0 Å². The van der Waals surface area contributed by atoms with Crippen molar-refractivity contribution in [1.29, 1.82) is 0 Å². The first-order chi connectivity index (χ1) is 15.8. The summed E-state index contributed by atoms with van der Waals surface area (Å²) in [6.45, 7) is 1.97. The normalized spacial score (nSPS) is 20.2. The van der Waals surface area contributed by atoms with E-state index in [4.69, 9.17) is 4.74 Å². The summed E-state index contributed by atoms with van der Waals surface area (Å²) in [4.78, 5) is 24.3. The zero-order valence-electron chi connectivity index (χ0n) is 18.4. The third-order valence-corrected chi connectivity index (χ3v) is 6.63. The summed E-state index contributed by atoms with van der Waals surface area (Å²) in [5.41, 5.74) is 2.59. The van der Waals surface area contributed by atoms with E-state index in [1.807, 2.05) is 61.5 Å². The fourth-order valence-corrected chi connectivity index (χ4v) is 4.63. The van der Waals surface area contributed by atoms with Crippen LogP contribution in [0.3, 0.4) is 0 Å². The van der Waals surface area contributed by atoms with Crippen LogP contribution in [0.1, 0.15) is 30.9 Å². The molecule has 0 aliphatic heterocycles. The molecule has 0 saturated heterocycles. The van der Waals surface area contributed by atoms with Crippen molar-refractivity contribution in [3.05, 3.63) is 99.7 Å². The third-order valence-electron chi connectivity index (χ3n) is 5.98. The van der Waals surface area contributed by atoms with Gasteiger partial charge in [-0.1, -0.05) is 48.6 Å². The number of nitrogens with one attached hydrogen (secondary N) is 1. The molecular formula is C27H26BrNO4. The van der Waals surface area contributed by atoms with Crippen molar-refractivity contribution in [3.63, 3.8) is 0 Å². The van der Waals surface area contributed by atoms with Crippen molar-refractivity contribution in [2.75, 3.05) is 0 Å². The summed E-state index contributed by atoms with van der Waals surface area (Å²) in [7, 11) is 0. The number of carboxylic acids is 1. The van der Waals surface area contributed by atoms with Crippen molar-refractivity contribution in [3.8, 4) is 5.75 Å². The number of fused-ring (bicyclic) bond motifs is 1. The van der Waals surface area contributed by atoms with Crippen LogP contribution in [-0.2, 0) is 22.4 Å². The zero-order chi connectivity index (χ0) is 23.4. The van der Waals surface area contributed by atoms with E-state index < -0.39 is 11.6 Å². The quantitative estimate of drug-likeness (QED) is 0.494. The summed E-state index contributed by atoms with van der Waals surface area (Å²) >= 11 is 3.49. The average molecular weight is 508 g/mol. The van der Waals surface area contributed by atoms with Gasteiger partial charge in [0.1, 0.15) is 17.0 Å². The molecule has 1 unspecified atom stereocenters. The minimum Gasteiger partial charge on any atom is -0.482 e. The first-order valence-electron chi connectivity index (χ1n) is 11.0. The molecular weight excluding hydrogens is 482 g/mol. The highest BCUT2D eigenvalue weighted by molar-refractivity contribution is 9.10. The Labute approximate surface area is 202 Å². The molecule has 2 N–H and O–H groups in total. The van der Waals surface area contributed by atoms with Crippen molar-refractivity contribution in [2.24, 2.45) is 5.92 Å². The average Bonchev–Trinajstić information content (AvgIpc) is 3.18. The molecule has 0 heterocycles. The number of carbonyl (C=O) groups excluding carboxylic acids is 1. The monoisotopic (exact) mass is 507 g/mol. The molecule has 2 aliphatic carbocycles. The highest BCUT2D eigenvalue weighted by Crippen LogP contribution is 2.32. The molecule has 33 heavy (non-hydrogen) atoms. The van der Waals surface area contributed by atoms with Gasteiger partial charge < -0.3 is 15.2 Å². The van der Waals surface area contributed by atoms with Gasteiger partial charge in [0, 0.05) is 12.8 Å². The van der Waals surface area contributed by atoms with Gasteiger partial charge in [0.15, 0.2) is 0 Å². The number of halogens is 1. The van der Waals surface area contributed by atoms with Gasteiger partial charge in [-0.2, -0.15) is 0 Å². The van der Waals surface area contributed by atoms with Crippen molar-refractivity contribution >= 4 is 27.8 Å². The van der Waals surface area contributed by atoms with Crippen LogP contribution in [0.5, 0.6) is 5.75 Å². The van der Waals surface area contributed by atoms with Crippen molar-refractivity contribution in [2.45, 2.75) is 38.2 Å². The van der Waals surface area contributed by atoms with Gasteiger partial charge in [-0.25, -0.2) is 4.79 Å². The Bertz CT molecular complexity index is 1140. The van der Waals surface area contributed by atoms with E-state index in [1.54, 1.807) is 0 Å². The maximum atomic E-state index is 12.6. The largest absolute Gasteiger partial charge is 0.482 e. The van der Waals surface area contributed by atoms with Crippen LogP contribution >= 0.6 is 15.9 Å². The molecule has 2 aliphatic rings. The van der Waals surface area contributed by atoms with Crippen molar-refractivity contribution < 1.29 is 19.4 Å². The van der Waals surface area contributed by atoms with Gasteiger partial charge in [-0.05, 0) is 82.6 Å². The third kappa shape index (κ3) is 5.82. The molecule has 2 aromatic rings. The van der Waals surface area contributed by atoms with Crippen LogP contribution in [0.2, 0.25) is 0 Å². The molecule has 4 rings (SSSR count). The molecule has 0 fully saturated rings. The number of para-hydroxylation sites is 1. The SMILES string of the molecule is CC1(Oc2ccccc2Br)C=CC(/C=C(\NC(=O)CC2Cc3ccccc3C2)C(=O)O)=CC1. The number of aliphatic carboxylic acids is 1. The van der Waals surface area contributed by atoms with E-state index >= 15 is 0 Å². The number of carbonyl (C=O) groups is 2. The van der Waals surface area contributed by atoms with Crippen LogP contribution in [0.25, 0.3) is 0 Å². The molecule has 6 heteroatoms. The number of hydrogen-bond donors (Lipinski definition) is 2. The minimum absolute atomic E-state index is 0.123. The summed E-state index contributed by atoms with van der Waals surface area (Å²) in [6, 6.07) is 15.8. The fourth-order valence-electron chi connectivity index (χ4n) is 4.27. The summed E-state index contributed by atoms with van der Waals surface area (Å²) in [5, 5.41) is 12.2. The first kappa shape index (κ1) is 23.1. The first-order valence-corrected chi connectivity index (χ1v) is 11.8. The Hall–Kier alpha value is -3.12. The van der Waals surface area contributed by atoms with Crippen LogP contribution in [0.4, 0.5) is 0 Å². The standard InChI is InChI=1S/C27H26BrNO4/c1-27(33-24-9-5-4-8-22(24)28)12-10-18(11-13-27)16-23(26(31)32)29-25(30)17-19-14-20-6-2-3-7-21(20)15-19/h2-12,16,19H,13-15,17H2,1H3,(H,29,30)(H,31,32)/b23-16-. The maximum Gasteiger partial charge on any atom is 0.352 e. The molecule has 0 radical (unpaired) electrons. The summed E-state index contributed by atoms with van der Waals surface area (Å²) in [6.07, 6.45) is 9.71. The Morgan fingerprint density at radius 2 is 1.82 bits per heavy atom. The van der Waals surface area contributed by atoms with Gasteiger partial charge in [0.25, 0.3) is 0 Å². The maximum absolute atomic E-state index is 12.6. The predicted octanol–water partition coefficient (Wildman–Crippen LogP) is 5.36. The lowest BCUT2D eigenvalue weighted by Gasteiger charge is -2.29. The lowest BCUT2D eigenvalue weighted by Crippen LogP contribution is -2.31. The Balaban J connectivity index is 1.37. The summed E-state index contributed by atoms with van der Waals surface area (Å²) in [5.74, 6) is -0.500. The molecule has 0 saturated carbocycles. The van der Waals surface area contributed by atoms with Gasteiger partial charge in [0.2, 0.25) is 5.91 Å². The topological polar surface area (TPSA) is 75.6 Å². The smallest absolute Gasteiger partial charge is 0.352 e. The lowest BCUT2D eigenvalue weighted by molar-refractivity contribution is -0.134. The second-order valence-electron chi connectivity index (χ2n) is 8.75. The molecule has 1 amide bonds. The molecule has 170 valence electrons. The van der Waals surface area contributed by atoms with Crippen LogP contribution in [0.15, 0.2) is 88.6 Å². The Kier molecular flexibility index (Phi) is 6.84. The highest BCUT2D eigenvalue weighted by atomic mass is 79.9. The lowest BCUT2D eigenvalue weighted by atomic mass is 9.93.